The molecule has 0 saturated heterocycles. The summed E-state index contributed by atoms with van der Waals surface area (Å²) in [5, 5.41) is 19.2. The third kappa shape index (κ3) is 7.12. The second-order valence-electron chi connectivity index (χ2n) is 8.99. The number of hydrazone groups is 1. The quantitative estimate of drug-likeness (QED) is 0.0548. The number of nitro groups is 1. The van der Waals surface area contributed by atoms with Crippen LogP contribution in [0.1, 0.15) is 36.0 Å². The lowest BCUT2D eigenvalue weighted by Crippen LogP contribution is -2.18. The number of nitro benzene ring substituents is 1. The first kappa shape index (κ1) is 30.8. The molecule has 5 aromatic rings. The van der Waals surface area contributed by atoms with Crippen LogP contribution in [0.3, 0.4) is 0 Å². The van der Waals surface area contributed by atoms with Gasteiger partial charge in [-0.3, -0.25) is 19.7 Å². The van der Waals surface area contributed by atoms with Crippen LogP contribution >= 0.6 is 50.5 Å². The van der Waals surface area contributed by atoms with E-state index in [-0.39, 0.29) is 22.6 Å². The summed E-state index contributed by atoms with van der Waals surface area (Å²) in [4.78, 5) is 48.7. The summed E-state index contributed by atoms with van der Waals surface area (Å²) in [5.41, 5.74) is 3.46. The normalized spacial score (nSPS) is 11.0. The number of nitrogens with zero attached hydrogens (tertiary/aromatic N) is 2. The van der Waals surface area contributed by atoms with Gasteiger partial charge in [-0.2, -0.15) is 5.10 Å². The Morgan fingerprint density at radius 2 is 1.61 bits per heavy atom. The maximum atomic E-state index is 12.8. The highest BCUT2D eigenvalue weighted by Gasteiger charge is 2.18. The number of nitrogens with one attached hydrogen (secondary N) is 2. The zero-order chi connectivity index (χ0) is 31.4. The second-order valence-corrected chi connectivity index (χ2v) is 11.8. The van der Waals surface area contributed by atoms with Crippen molar-refractivity contribution in [1.29, 1.82) is 0 Å². The molecule has 1 aromatic heterocycles. The number of hydrogen-bond donors (Lipinski definition) is 2. The Hall–Kier alpha value is -4.62. The molecule has 0 unspecified atom stereocenters. The average Bonchev–Trinajstić information content (AvgIpc) is 3.33. The topological polar surface area (TPSA) is 140 Å². The van der Waals surface area contributed by atoms with Crippen LogP contribution in [-0.4, -0.2) is 28.9 Å². The number of halogens is 3. The first-order valence-electron chi connectivity index (χ1n) is 12.5. The lowest BCUT2D eigenvalue weighted by atomic mass is 10.2. The van der Waals surface area contributed by atoms with Crippen molar-refractivity contribution in [2.75, 3.05) is 5.32 Å². The molecule has 0 saturated carbocycles. The minimum Gasteiger partial charge on any atom is -0.422 e. The summed E-state index contributed by atoms with van der Waals surface area (Å²) >= 11 is 17.0. The van der Waals surface area contributed by atoms with Crippen molar-refractivity contribution in [3.05, 3.63) is 131 Å². The van der Waals surface area contributed by atoms with Gasteiger partial charge >= 0.3 is 5.97 Å². The van der Waals surface area contributed by atoms with Crippen molar-refractivity contribution in [3.63, 3.8) is 0 Å². The fourth-order valence-electron chi connectivity index (χ4n) is 3.89. The fourth-order valence-corrected chi connectivity index (χ4v) is 5.96. The molecule has 0 fully saturated rings. The summed E-state index contributed by atoms with van der Waals surface area (Å²) in [6.45, 7) is 0. The summed E-state index contributed by atoms with van der Waals surface area (Å²) in [6, 6.07) is 21.2. The molecule has 0 radical (unpaired) electrons. The SMILES string of the molecule is O=C(N/N=C\c1cc(Br)ccc1OC(=O)c1ccc([N+](=O)[O-])cc1)c1ccc(NC(=O)c2sc3cc(Cl)ccc3c2Cl)cc1. The van der Waals surface area contributed by atoms with Crippen molar-refractivity contribution in [2.45, 2.75) is 0 Å². The molecule has 0 aliphatic heterocycles. The van der Waals surface area contributed by atoms with E-state index in [4.69, 9.17) is 27.9 Å². The van der Waals surface area contributed by atoms with Gasteiger partial charge in [0.2, 0.25) is 0 Å². The Morgan fingerprint density at radius 3 is 2.32 bits per heavy atom. The van der Waals surface area contributed by atoms with Gasteiger partial charge in [-0.15, -0.1) is 11.3 Å². The second kappa shape index (κ2) is 13.3. The minimum absolute atomic E-state index is 0.117. The van der Waals surface area contributed by atoms with E-state index >= 15 is 0 Å². The van der Waals surface area contributed by atoms with Crippen molar-refractivity contribution in [3.8, 4) is 5.75 Å². The van der Waals surface area contributed by atoms with E-state index in [0.29, 0.717) is 30.6 Å². The van der Waals surface area contributed by atoms with Crippen LogP contribution in [-0.2, 0) is 0 Å². The third-order valence-corrected chi connectivity index (χ3v) is 8.45. The van der Waals surface area contributed by atoms with E-state index in [9.17, 15) is 24.5 Å². The minimum atomic E-state index is -0.730. The summed E-state index contributed by atoms with van der Waals surface area (Å²) in [6.07, 6.45) is 1.30. The first-order chi connectivity index (χ1) is 21.1. The smallest absolute Gasteiger partial charge is 0.343 e. The van der Waals surface area contributed by atoms with Gasteiger partial charge < -0.3 is 10.1 Å². The number of carbonyl (C=O) groups is 3. The zero-order valence-corrected chi connectivity index (χ0v) is 26.0. The Labute approximate surface area is 271 Å². The Balaban J connectivity index is 1.21. The number of anilines is 1. The highest BCUT2D eigenvalue weighted by atomic mass is 79.9. The van der Waals surface area contributed by atoms with Gasteiger partial charge in [0, 0.05) is 48.5 Å². The number of non-ortho nitro benzene ring substituents is 1. The van der Waals surface area contributed by atoms with E-state index in [1.165, 1.54) is 60.0 Å². The first-order valence-corrected chi connectivity index (χ1v) is 14.8. The number of carbonyl (C=O) groups excluding carboxylic acids is 3. The standard InChI is InChI=1S/C30H17BrCl2N4O6S/c31-19-5-12-24(43-30(40)17-3-9-22(10-4-17)37(41)42)18(13-19)15-34-36-28(38)16-1-7-21(8-2-16)35-29(39)27-26(33)23-11-6-20(32)14-25(23)44-27/h1-15H,(H,35,39)(H,36,38)/b34-15-. The highest BCUT2D eigenvalue weighted by molar-refractivity contribution is 9.10. The van der Waals surface area contributed by atoms with E-state index in [1.54, 1.807) is 42.5 Å². The lowest BCUT2D eigenvalue weighted by Gasteiger charge is -2.08. The van der Waals surface area contributed by atoms with Crippen molar-refractivity contribution >= 4 is 95.9 Å². The molecular weight excluding hydrogens is 695 g/mol. The monoisotopic (exact) mass is 710 g/mol. The molecule has 2 N–H and O–H groups in total. The van der Waals surface area contributed by atoms with Crippen LogP contribution in [0.4, 0.5) is 11.4 Å². The van der Waals surface area contributed by atoms with Crippen LogP contribution in [0.25, 0.3) is 10.1 Å². The summed E-state index contributed by atoms with van der Waals surface area (Å²) in [5.74, 6) is -1.50. The van der Waals surface area contributed by atoms with Gasteiger partial charge in [0.05, 0.1) is 21.7 Å². The van der Waals surface area contributed by atoms with Crippen LogP contribution in [0.2, 0.25) is 10.0 Å². The van der Waals surface area contributed by atoms with Gasteiger partial charge in [-0.05, 0) is 66.7 Å². The zero-order valence-electron chi connectivity index (χ0n) is 22.0. The van der Waals surface area contributed by atoms with Crippen LogP contribution in [0, 0.1) is 10.1 Å². The van der Waals surface area contributed by atoms with E-state index in [0.717, 1.165) is 10.1 Å². The molecule has 0 aliphatic rings. The molecule has 5 rings (SSSR count). The lowest BCUT2D eigenvalue weighted by molar-refractivity contribution is -0.384. The van der Waals surface area contributed by atoms with Crippen molar-refractivity contribution < 1.29 is 24.0 Å². The molecular formula is C30H17BrCl2N4O6S. The van der Waals surface area contributed by atoms with Gasteiger partial charge in [0.15, 0.2) is 0 Å². The number of hydrogen-bond acceptors (Lipinski definition) is 8. The molecule has 1 heterocycles. The molecule has 44 heavy (non-hydrogen) atoms. The molecule has 14 heteroatoms. The number of benzene rings is 4. The van der Waals surface area contributed by atoms with Crippen LogP contribution < -0.4 is 15.5 Å². The summed E-state index contributed by atoms with van der Waals surface area (Å²) in [7, 11) is 0. The maximum Gasteiger partial charge on any atom is 0.343 e. The molecule has 220 valence electrons. The predicted octanol–water partition coefficient (Wildman–Crippen LogP) is 8.11. The van der Waals surface area contributed by atoms with E-state index < -0.39 is 22.7 Å². The number of ether oxygens (including phenoxy) is 1. The Morgan fingerprint density at radius 1 is 0.909 bits per heavy atom. The maximum absolute atomic E-state index is 12.8. The largest absolute Gasteiger partial charge is 0.422 e. The summed E-state index contributed by atoms with van der Waals surface area (Å²) < 4.78 is 6.91. The van der Waals surface area contributed by atoms with Crippen molar-refractivity contribution in [2.24, 2.45) is 5.10 Å². The van der Waals surface area contributed by atoms with Gasteiger partial charge in [0.1, 0.15) is 10.6 Å². The molecule has 4 aromatic carbocycles. The van der Waals surface area contributed by atoms with Gasteiger partial charge in [-0.1, -0.05) is 45.2 Å². The van der Waals surface area contributed by atoms with Gasteiger partial charge in [-0.25, -0.2) is 10.2 Å². The average molecular weight is 712 g/mol. The van der Waals surface area contributed by atoms with Crippen LogP contribution in [0.15, 0.2) is 94.5 Å². The molecule has 0 spiro atoms. The van der Waals surface area contributed by atoms with E-state index in [1.807, 2.05) is 0 Å². The number of rotatable bonds is 8. The van der Waals surface area contributed by atoms with Gasteiger partial charge in [0.25, 0.3) is 17.5 Å². The molecule has 0 atom stereocenters. The van der Waals surface area contributed by atoms with Crippen molar-refractivity contribution in [1.82, 2.24) is 5.43 Å². The molecule has 2 amide bonds. The van der Waals surface area contributed by atoms with E-state index in [2.05, 4.69) is 31.8 Å². The number of esters is 1. The highest BCUT2D eigenvalue weighted by Crippen LogP contribution is 2.37. The molecule has 0 aliphatic carbocycles. The number of amides is 2. The Bertz CT molecular complexity index is 1960. The third-order valence-electron chi connectivity index (χ3n) is 6.06. The number of thiophene rings is 1. The van der Waals surface area contributed by atoms with Crippen LogP contribution in [0.5, 0.6) is 5.75 Å². The fraction of sp³-hybridized carbons (Fsp3) is 0. The predicted molar refractivity (Wildman–Crippen MR) is 173 cm³/mol. The molecule has 0 bridgehead atoms. The number of fused-ring (bicyclic) bond motifs is 1. The molecule has 10 nitrogen and oxygen atoms in total. The Kier molecular flexibility index (Phi) is 9.35.